The normalized spacial score (nSPS) is 16.7. The summed E-state index contributed by atoms with van der Waals surface area (Å²) in [5.41, 5.74) is 1.83. The molecule has 4 heterocycles. The summed E-state index contributed by atoms with van der Waals surface area (Å²) in [6.45, 7) is 4.25. The molecule has 3 aromatic heterocycles. The number of hydrogen-bond acceptors (Lipinski definition) is 6. The zero-order valence-electron chi connectivity index (χ0n) is 14.8. The number of pyridine rings is 1. The van der Waals surface area contributed by atoms with Crippen molar-refractivity contribution >= 4 is 5.82 Å². The molecule has 0 bridgehead atoms. The van der Waals surface area contributed by atoms with Crippen LogP contribution in [0, 0.1) is 6.92 Å². The van der Waals surface area contributed by atoms with Gasteiger partial charge in [0.2, 0.25) is 0 Å². The summed E-state index contributed by atoms with van der Waals surface area (Å²) in [6.07, 6.45) is 7.65. The molecule has 1 atom stereocenters. The molecular weight excluding hydrogens is 328 g/mol. The monoisotopic (exact) mass is 350 g/mol. The molecule has 0 amide bonds. The van der Waals surface area contributed by atoms with Crippen LogP contribution in [0.5, 0.6) is 0 Å². The second-order valence-electron chi connectivity index (χ2n) is 6.53. The Balaban J connectivity index is 1.66. The molecule has 0 aliphatic carbocycles. The predicted molar refractivity (Wildman–Crippen MR) is 98.7 cm³/mol. The van der Waals surface area contributed by atoms with E-state index in [1.807, 2.05) is 37.3 Å². The molecule has 0 unspecified atom stereocenters. The third-order valence-electron chi connectivity index (χ3n) is 4.46. The number of hydrogen-bond donors (Lipinski definition) is 0. The average molecular weight is 350 g/mol. The minimum absolute atomic E-state index is 0.224. The predicted octanol–water partition coefficient (Wildman–Crippen LogP) is 3.63. The fourth-order valence-electron chi connectivity index (χ4n) is 3.20. The van der Waals surface area contributed by atoms with E-state index >= 15 is 0 Å². The summed E-state index contributed by atoms with van der Waals surface area (Å²) in [4.78, 5) is 15.8. The highest BCUT2D eigenvalue weighted by Crippen LogP contribution is 2.23. The van der Waals surface area contributed by atoms with Gasteiger partial charge in [-0.25, -0.2) is 9.97 Å². The number of rotatable bonds is 6. The maximum absolute atomic E-state index is 5.84. The van der Waals surface area contributed by atoms with E-state index in [9.17, 15) is 0 Å². The van der Waals surface area contributed by atoms with E-state index in [4.69, 9.17) is 14.1 Å². The number of anilines is 1. The summed E-state index contributed by atoms with van der Waals surface area (Å²) in [5, 5.41) is 0. The number of ether oxygens (including phenoxy) is 1. The van der Waals surface area contributed by atoms with Crippen LogP contribution in [0.25, 0.3) is 11.4 Å². The van der Waals surface area contributed by atoms with Crippen molar-refractivity contribution in [3.05, 3.63) is 60.4 Å². The summed E-state index contributed by atoms with van der Waals surface area (Å²) in [5.74, 6) is 2.47. The van der Waals surface area contributed by atoms with Gasteiger partial charge in [-0.05, 0) is 44.0 Å². The highest BCUT2D eigenvalue weighted by molar-refractivity contribution is 5.56. The van der Waals surface area contributed by atoms with Crippen molar-refractivity contribution in [2.75, 3.05) is 18.1 Å². The fourth-order valence-corrected chi connectivity index (χ4v) is 3.20. The van der Waals surface area contributed by atoms with E-state index in [2.05, 4.69) is 14.9 Å². The van der Waals surface area contributed by atoms with E-state index in [1.165, 1.54) is 0 Å². The SMILES string of the molecule is Cc1cc(N(Cc2ccco2)C[C@H]2CCCO2)nc(-c2cccnc2)n1. The Bertz CT molecular complexity index is 830. The number of aryl methyl sites for hydroxylation is 1. The Kier molecular flexibility index (Phi) is 4.93. The molecule has 134 valence electrons. The van der Waals surface area contributed by atoms with Crippen LogP contribution in [0.1, 0.15) is 24.3 Å². The first kappa shape index (κ1) is 16.7. The Morgan fingerprint density at radius 3 is 2.92 bits per heavy atom. The maximum Gasteiger partial charge on any atom is 0.163 e. The quantitative estimate of drug-likeness (QED) is 0.676. The third kappa shape index (κ3) is 3.91. The Hall–Kier alpha value is -2.73. The van der Waals surface area contributed by atoms with E-state index in [0.29, 0.717) is 12.4 Å². The van der Waals surface area contributed by atoms with Crippen molar-refractivity contribution in [1.29, 1.82) is 0 Å². The molecule has 0 radical (unpaired) electrons. The Morgan fingerprint density at radius 2 is 2.19 bits per heavy atom. The maximum atomic E-state index is 5.84. The zero-order valence-corrected chi connectivity index (χ0v) is 14.8. The molecule has 4 rings (SSSR count). The second-order valence-corrected chi connectivity index (χ2v) is 6.53. The molecule has 0 N–H and O–H groups in total. The average Bonchev–Trinajstić information content (AvgIpc) is 3.35. The second kappa shape index (κ2) is 7.66. The minimum atomic E-state index is 0.224. The van der Waals surface area contributed by atoms with Gasteiger partial charge >= 0.3 is 0 Å². The Morgan fingerprint density at radius 1 is 1.23 bits per heavy atom. The topological polar surface area (TPSA) is 64.3 Å². The summed E-state index contributed by atoms with van der Waals surface area (Å²) in [7, 11) is 0. The van der Waals surface area contributed by atoms with E-state index in [1.54, 1.807) is 18.7 Å². The first-order valence-corrected chi connectivity index (χ1v) is 8.93. The first-order valence-electron chi connectivity index (χ1n) is 8.93. The molecule has 26 heavy (non-hydrogen) atoms. The van der Waals surface area contributed by atoms with Gasteiger partial charge in [-0.3, -0.25) is 4.98 Å². The number of aromatic nitrogens is 3. The minimum Gasteiger partial charge on any atom is -0.467 e. The molecule has 3 aromatic rings. The number of furan rings is 1. The van der Waals surface area contributed by atoms with Gasteiger partial charge in [-0.15, -0.1) is 0 Å². The lowest BCUT2D eigenvalue weighted by Crippen LogP contribution is -2.32. The van der Waals surface area contributed by atoms with Gasteiger partial charge in [0.15, 0.2) is 5.82 Å². The van der Waals surface area contributed by atoms with Crippen molar-refractivity contribution in [3.8, 4) is 11.4 Å². The van der Waals surface area contributed by atoms with Gasteiger partial charge in [0.05, 0.1) is 18.9 Å². The third-order valence-corrected chi connectivity index (χ3v) is 4.46. The fraction of sp³-hybridized carbons (Fsp3) is 0.350. The highest BCUT2D eigenvalue weighted by Gasteiger charge is 2.22. The van der Waals surface area contributed by atoms with Crippen LogP contribution in [-0.4, -0.2) is 34.2 Å². The van der Waals surface area contributed by atoms with Gasteiger partial charge in [-0.2, -0.15) is 0 Å². The lowest BCUT2D eigenvalue weighted by atomic mass is 10.2. The van der Waals surface area contributed by atoms with Crippen LogP contribution >= 0.6 is 0 Å². The van der Waals surface area contributed by atoms with Crippen molar-refractivity contribution in [2.45, 2.75) is 32.4 Å². The van der Waals surface area contributed by atoms with Crippen LogP contribution in [-0.2, 0) is 11.3 Å². The molecule has 1 aliphatic heterocycles. The van der Waals surface area contributed by atoms with Crippen molar-refractivity contribution < 1.29 is 9.15 Å². The van der Waals surface area contributed by atoms with E-state index in [-0.39, 0.29) is 6.10 Å². The largest absolute Gasteiger partial charge is 0.467 e. The first-order chi connectivity index (χ1) is 12.8. The van der Waals surface area contributed by atoms with Crippen LogP contribution in [0.4, 0.5) is 5.82 Å². The lowest BCUT2D eigenvalue weighted by Gasteiger charge is -2.26. The summed E-state index contributed by atoms with van der Waals surface area (Å²) in [6, 6.07) is 9.78. The van der Waals surface area contributed by atoms with Crippen LogP contribution in [0.2, 0.25) is 0 Å². The van der Waals surface area contributed by atoms with Crippen molar-refractivity contribution in [3.63, 3.8) is 0 Å². The van der Waals surface area contributed by atoms with Crippen LogP contribution in [0.15, 0.2) is 53.4 Å². The molecule has 0 spiro atoms. The molecule has 6 heteroatoms. The zero-order chi connectivity index (χ0) is 17.8. The molecule has 1 aliphatic rings. The van der Waals surface area contributed by atoms with Crippen molar-refractivity contribution in [2.24, 2.45) is 0 Å². The van der Waals surface area contributed by atoms with Crippen molar-refractivity contribution in [1.82, 2.24) is 15.0 Å². The molecule has 0 aromatic carbocycles. The van der Waals surface area contributed by atoms with Gasteiger partial charge in [0.1, 0.15) is 11.6 Å². The molecule has 1 saturated heterocycles. The van der Waals surface area contributed by atoms with Gasteiger partial charge in [-0.1, -0.05) is 0 Å². The summed E-state index contributed by atoms with van der Waals surface area (Å²) < 4.78 is 11.4. The smallest absolute Gasteiger partial charge is 0.163 e. The summed E-state index contributed by atoms with van der Waals surface area (Å²) >= 11 is 0. The lowest BCUT2D eigenvalue weighted by molar-refractivity contribution is 0.115. The van der Waals surface area contributed by atoms with E-state index < -0.39 is 0 Å². The van der Waals surface area contributed by atoms with Crippen LogP contribution < -0.4 is 4.90 Å². The number of nitrogens with zero attached hydrogens (tertiary/aromatic N) is 4. The van der Waals surface area contributed by atoms with E-state index in [0.717, 1.165) is 48.8 Å². The molecule has 6 nitrogen and oxygen atoms in total. The van der Waals surface area contributed by atoms with Crippen LogP contribution in [0.3, 0.4) is 0 Å². The molecule has 1 fully saturated rings. The highest BCUT2D eigenvalue weighted by atomic mass is 16.5. The van der Waals surface area contributed by atoms with Gasteiger partial charge in [0, 0.05) is 42.9 Å². The van der Waals surface area contributed by atoms with Gasteiger partial charge in [0.25, 0.3) is 0 Å². The van der Waals surface area contributed by atoms with Gasteiger partial charge < -0.3 is 14.1 Å². The molecular formula is C20H22N4O2. The molecule has 0 saturated carbocycles. The standard InChI is InChI=1S/C20H22N4O2/c1-15-11-19(23-20(22-15)16-5-2-8-21-12-16)24(13-17-6-3-9-25-17)14-18-7-4-10-26-18/h2-3,5-6,8-9,11-12,18H,4,7,10,13-14H2,1H3/t18-/m1/s1. The Labute approximate surface area is 152 Å².